The van der Waals surface area contributed by atoms with Crippen molar-refractivity contribution in [1.29, 1.82) is 0 Å². The lowest BCUT2D eigenvalue weighted by Crippen LogP contribution is -2.50. The van der Waals surface area contributed by atoms with Crippen LogP contribution < -0.4 is 5.32 Å². The Hall–Kier alpha value is -1.22. The molecule has 0 saturated carbocycles. The lowest BCUT2D eigenvalue weighted by atomic mass is 10.0. The first-order valence-corrected chi connectivity index (χ1v) is 16.2. The van der Waals surface area contributed by atoms with E-state index in [4.69, 9.17) is 0 Å². The van der Waals surface area contributed by atoms with Gasteiger partial charge in [-0.3, -0.25) is 9.35 Å². The molecule has 1 amide bonds. The second kappa shape index (κ2) is 23.9. The molecule has 0 saturated heterocycles. The molecule has 0 fully saturated rings. The molecule has 0 bridgehead atoms. The predicted molar refractivity (Wildman–Crippen MR) is 153 cm³/mol. The van der Waals surface area contributed by atoms with Crippen LogP contribution in [0.4, 0.5) is 0 Å². The molecule has 0 aliphatic carbocycles. The van der Waals surface area contributed by atoms with Crippen molar-refractivity contribution >= 4 is 16.0 Å². The molecule has 0 aliphatic heterocycles. The highest BCUT2D eigenvalue weighted by atomic mass is 32.2. The van der Waals surface area contributed by atoms with E-state index in [0.717, 1.165) is 25.7 Å². The number of hydrogen-bond donors (Lipinski definition) is 4. The lowest BCUT2D eigenvalue weighted by molar-refractivity contribution is -0.130. The largest absolute Gasteiger partial charge is 0.391 e. The van der Waals surface area contributed by atoms with Crippen molar-refractivity contribution in [3.05, 3.63) is 24.3 Å². The zero-order valence-electron chi connectivity index (χ0n) is 23.5. The summed E-state index contributed by atoms with van der Waals surface area (Å²) in [7, 11) is -4.41. The Bertz CT molecular complexity index is 707. The minimum absolute atomic E-state index is 0.0871. The van der Waals surface area contributed by atoms with E-state index in [1.54, 1.807) is 6.08 Å². The average molecular weight is 546 g/mol. The Morgan fingerprint density at radius 3 is 1.84 bits per heavy atom. The van der Waals surface area contributed by atoms with Crippen LogP contribution in [0.1, 0.15) is 129 Å². The average Bonchev–Trinajstić information content (AvgIpc) is 2.84. The van der Waals surface area contributed by atoms with Gasteiger partial charge in [-0.1, -0.05) is 122 Å². The SMILES string of the molecule is CCCCCCCC/C=C\C/C=C\CC(O)C(=O)NC(CS(=O)(=O)O)C(O)CCCCCCCCCC. The van der Waals surface area contributed by atoms with E-state index < -0.39 is 40.0 Å². The molecule has 0 heterocycles. The number of rotatable bonds is 25. The van der Waals surface area contributed by atoms with E-state index >= 15 is 0 Å². The molecule has 0 aromatic rings. The van der Waals surface area contributed by atoms with Gasteiger partial charge in [0.05, 0.1) is 17.9 Å². The topological polar surface area (TPSA) is 124 Å². The third-order valence-electron chi connectivity index (χ3n) is 6.53. The molecule has 0 spiro atoms. The number of allylic oxidation sites excluding steroid dienone is 3. The van der Waals surface area contributed by atoms with Gasteiger partial charge in [-0.05, 0) is 25.7 Å². The van der Waals surface area contributed by atoms with E-state index in [0.29, 0.717) is 19.3 Å². The smallest absolute Gasteiger partial charge is 0.266 e. The molecule has 3 atom stereocenters. The summed E-state index contributed by atoms with van der Waals surface area (Å²) in [5.74, 6) is -1.55. The maximum Gasteiger partial charge on any atom is 0.266 e. The van der Waals surface area contributed by atoms with Gasteiger partial charge in [0.15, 0.2) is 0 Å². The number of aliphatic hydroxyl groups is 2. The third-order valence-corrected chi connectivity index (χ3v) is 7.31. The molecule has 8 heteroatoms. The van der Waals surface area contributed by atoms with Crippen LogP contribution in [0.5, 0.6) is 0 Å². The summed E-state index contributed by atoms with van der Waals surface area (Å²) in [4.78, 5) is 12.4. The highest BCUT2D eigenvalue weighted by Crippen LogP contribution is 2.13. The summed E-state index contributed by atoms with van der Waals surface area (Å²) in [5.41, 5.74) is 0. The Morgan fingerprint density at radius 1 is 0.757 bits per heavy atom. The summed E-state index contributed by atoms with van der Waals surface area (Å²) in [6.07, 6.45) is 23.8. The molecule has 4 N–H and O–H groups in total. The molecule has 3 unspecified atom stereocenters. The quantitative estimate of drug-likeness (QED) is 0.0610. The molecule has 0 aromatic carbocycles. The molecule has 7 nitrogen and oxygen atoms in total. The molecule has 0 aliphatic rings. The summed E-state index contributed by atoms with van der Waals surface area (Å²) < 4.78 is 32.1. The number of unbranched alkanes of at least 4 members (excludes halogenated alkanes) is 13. The van der Waals surface area contributed by atoms with Gasteiger partial charge in [0.2, 0.25) is 5.91 Å². The third kappa shape index (κ3) is 23.6. The molecule has 0 aromatic heterocycles. The Kier molecular flexibility index (Phi) is 23.1. The maximum atomic E-state index is 12.4. The fourth-order valence-corrected chi connectivity index (χ4v) is 4.97. The van der Waals surface area contributed by atoms with Crippen molar-refractivity contribution in [2.24, 2.45) is 0 Å². The van der Waals surface area contributed by atoms with Crippen molar-refractivity contribution < 1.29 is 28.0 Å². The van der Waals surface area contributed by atoms with Crippen molar-refractivity contribution in [3.8, 4) is 0 Å². The van der Waals surface area contributed by atoms with Crippen LogP contribution in [-0.4, -0.2) is 53.1 Å². The standard InChI is InChI=1S/C29H55NO6S/c1-3-5-7-9-11-13-14-15-16-18-20-22-24-28(32)29(33)30-26(25-37(34,35)36)27(31)23-21-19-17-12-10-8-6-4-2/h15-16,20,22,26-28,31-32H,3-14,17-19,21,23-25H2,1-2H3,(H,30,33)(H,34,35,36)/b16-15-,22-20-. The van der Waals surface area contributed by atoms with Crippen LogP contribution in [-0.2, 0) is 14.9 Å². The summed E-state index contributed by atoms with van der Waals surface area (Å²) in [6, 6.07) is -1.17. The Morgan fingerprint density at radius 2 is 1.27 bits per heavy atom. The summed E-state index contributed by atoms with van der Waals surface area (Å²) >= 11 is 0. The van der Waals surface area contributed by atoms with Crippen molar-refractivity contribution in [3.63, 3.8) is 0 Å². The van der Waals surface area contributed by atoms with Crippen LogP contribution in [0.3, 0.4) is 0 Å². The van der Waals surface area contributed by atoms with Gasteiger partial charge in [0, 0.05) is 6.42 Å². The van der Waals surface area contributed by atoms with Crippen molar-refractivity contribution in [2.45, 2.75) is 148 Å². The molecular formula is C29H55NO6S. The van der Waals surface area contributed by atoms with Gasteiger partial charge >= 0.3 is 0 Å². The summed E-state index contributed by atoms with van der Waals surface area (Å²) in [5, 5.41) is 23.1. The summed E-state index contributed by atoms with van der Waals surface area (Å²) in [6.45, 7) is 4.39. The first kappa shape index (κ1) is 35.8. The van der Waals surface area contributed by atoms with Gasteiger partial charge in [0.25, 0.3) is 10.1 Å². The van der Waals surface area contributed by atoms with E-state index in [1.165, 1.54) is 64.2 Å². The minimum atomic E-state index is -4.41. The zero-order chi connectivity index (χ0) is 27.8. The van der Waals surface area contributed by atoms with Crippen LogP contribution in [0.25, 0.3) is 0 Å². The normalized spacial score (nSPS) is 14.8. The maximum absolute atomic E-state index is 12.4. The Labute approximate surface area is 227 Å². The van der Waals surface area contributed by atoms with Crippen LogP contribution in [0.15, 0.2) is 24.3 Å². The van der Waals surface area contributed by atoms with Crippen LogP contribution in [0.2, 0.25) is 0 Å². The number of carbonyl (C=O) groups excluding carboxylic acids is 1. The first-order valence-electron chi connectivity index (χ1n) is 14.6. The predicted octanol–water partition coefficient (Wildman–Crippen LogP) is 6.25. The lowest BCUT2D eigenvalue weighted by Gasteiger charge is -2.24. The minimum Gasteiger partial charge on any atom is -0.391 e. The fraction of sp³-hybridized carbons (Fsp3) is 0.828. The van der Waals surface area contributed by atoms with Gasteiger partial charge in [-0.15, -0.1) is 0 Å². The van der Waals surface area contributed by atoms with E-state index in [2.05, 4.69) is 31.3 Å². The molecule has 37 heavy (non-hydrogen) atoms. The van der Waals surface area contributed by atoms with E-state index in [1.807, 2.05) is 6.08 Å². The molecule has 218 valence electrons. The monoisotopic (exact) mass is 545 g/mol. The second-order valence-electron chi connectivity index (χ2n) is 10.2. The van der Waals surface area contributed by atoms with E-state index in [-0.39, 0.29) is 6.42 Å². The molecular weight excluding hydrogens is 490 g/mol. The first-order chi connectivity index (χ1) is 17.7. The van der Waals surface area contributed by atoms with Gasteiger partial charge < -0.3 is 15.5 Å². The van der Waals surface area contributed by atoms with E-state index in [9.17, 15) is 28.0 Å². The fourth-order valence-electron chi connectivity index (χ4n) is 4.21. The van der Waals surface area contributed by atoms with Gasteiger partial charge in [-0.25, -0.2) is 0 Å². The highest BCUT2D eigenvalue weighted by Gasteiger charge is 2.28. The second-order valence-corrected chi connectivity index (χ2v) is 11.7. The zero-order valence-corrected chi connectivity index (χ0v) is 24.3. The molecule has 0 rings (SSSR count). The Balaban J connectivity index is 4.33. The van der Waals surface area contributed by atoms with Crippen LogP contribution >= 0.6 is 0 Å². The van der Waals surface area contributed by atoms with Crippen molar-refractivity contribution in [1.82, 2.24) is 5.32 Å². The number of amides is 1. The van der Waals surface area contributed by atoms with Gasteiger partial charge in [0.1, 0.15) is 6.10 Å². The number of carbonyl (C=O) groups is 1. The van der Waals surface area contributed by atoms with Crippen molar-refractivity contribution in [2.75, 3.05) is 5.75 Å². The highest BCUT2D eigenvalue weighted by molar-refractivity contribution is 7.85. The number of hydrogen-bond acceptors (Lipinski definition) is 5. The number of aliphatic hydroxyl groups excluding tert-OH is 2. The van der Waals surface area contributed by atoms with Crippen LogP contribution in [0, 0.1) is 0 Å². The molecule has 0 radical (unpaired) electrons. The number of nitrogens with one attached hydrogen (secondary N) is 1. The van der Waals surface area contributed by atoms with Gasteiger partial charge in [-0.2, -0.15) is 8.42 Å².